The van der Waals surface area contributed by atoms with E-state index in [-0.39, 0.29) is 24.8 Å². The van der Waals surface area contributed by atoms with E-state index in [2.05, 4.69) is 10.9 Å². The summed E-state index contributed by atoms with van der Waals surface area (Å²) in [6.07, 6.45) is 0.134. The van der Waals surface area contributed by atoms with E-state index in [9.17, 15) is 14.4 Å². The zero-order valence-electron chi connectivity index (χ0n) is 14.8. The number of nitrogens with one attached hydrogen (secondary N) is 2. The van der Waals surface area contributed by atoms with Crippen LogP contribution in [0.2, 0.25) is 0 Å². The minimum atomic E-state index is -0.489. The quantitative estimate of drug-likeness (QED) is 0.753. The minimum Gasteiger partial charge on any atom is -0.484 e. The van der Waals surface area contributed by atoms with Crippen LogP contribution in [-0.4, -0.2) is 35.8 Å². The predicted octanol–water partition coefficient (Wildman–Crippen LogP) is 1.26. The first-order valence-electron chi connectivity index (χ1n) is 8.70. The first-order chi connectivity index (χ1) is 13.1. The molecule has 1 heterocycles. The Labute approximate surface area is 157 Å². The van der Waals surface area contributed by atoms with Crippen LogP contribution in [0, 0.1) is 5.92 Å². The van der Waals surface area contributed by atoms with E-state index < -0.39 is 11.8 Å². The Morgan fingerprint density at radius 2 is 1.67 bits per heavy atom. The number of nitrogens with zero attached hydrogens (tertiary/aromatic N) is 1. The maximum atomic E-state index is 12.2. The Hall–Kier alpha value is -3.35. The van der Waals surface area contributed by atoms with Gasteiger partial charge in [0.15, 0.2) is 6.61 Å². The lowest BCUT2D eigenvalue weighted by molar-refractivity contribution is -0.132. The van der Waals surface area contributed by atoms with Crippen LogP contribution in [0.25, 0.3) is 0 Å². The second-order valence-electron chi connectivity index (χ2n) is 6.30. The highest BCUT2D eigenvalue weighted by Crippen LogP contribution is 2.20. The van der Waals surface area contributed by atoms with Gasteiger partial charge < -0.3 is 9.64 Å². The van der Waals surface area contributed by atoms with Crippen LogP contribution in [0.3, 0.4) is 0 Å². The van der Waals surface area contributed by atoms with Crippen LogP contribution in [0.4, 0.5) is 0 Å². The summed E-state index contributed by atoms with van der Waals surface area (Å²) in [5.74, 6) is -0.851. The summed E-state index contributed by atoms with van der Waals surface area (Å²) in [5.41, 5.74) is 5.70. The number of ether oxygens (including phenoxy) is 1. The molecule has 0 radical (unpaired) electrons. The molecule has 140 valence electrons. The molecule has 27 heavy (non-hydrogen) atoms. The molecule has 1 unspecified atom stereocenters. The van der Waals surface area contributed by atoms with Gasteiger partial charge in [-0.05, 0) is 17.7 Å². The smallest absolute Gasteiger partial charge is 0.276 e. The van der Waals surface area contributed by atoms with Crippen LogP contribution < -0.4 is 15.6 Å². The van der Waals surface area contributed by atoms with Crippen molar-refractivity contribution in [1.82, 2.24) is 15.8 Å². The Balaban J connectivity index is 1.41. The number of likely N-dealkylation sites (tertiary alicyclic amines) is 1. The van der Waals surface area contributed by atoms with E-state index in [1.54, 1.807) is 29.2 Å². The Bertz CT molecular complexity index is 795. The van der Waals surface area contributed by atoms with Crippen molar-refractivity contribution in [3.05, 3.63) is 66.2 Å². The summed E-state index contributed by atoms with van der Waals surface area (Å²) in [7, 11) is 0. The van der Waals surface area contributed by atoms with Gasteiger partial charge in [-0.3, -0.25) is 25.2 Å². The van der Waals surface area contributed by atoms with E-state index in [1.807, 2.05) is 36.4 Å². The van der Waals surface area contributed by atoms with Gasteiger partial charge in [0, 0.05) is 19.5 Å². The van der Waals surface area contributed by atoms with Crippen molar-refractivity contribution in [2.75, 3.05) is 13.2 Å². The van der Waals surface area contributed by atoms with Gasteiger partial charge in [-0.2, -0.15) is 0 Å². The van der Waals surface area contributed by atoms with Crippen LogP contribution >= 0.6 is 0 Å². The van der Waals surface area contributed by atoms with Gasteiger partial charge in [0.1, 0.15) is 5.75 Å². The third kappa shape index (κ3) is 5.31. The lowest BCUT2D eigenvalue weighted by atomic mass is 10.1. The summed E-state index contributed by atoms with van der Waals surface area (Å²) in [6.45, 7) is 0.588. The molecule has 0 bridgehead atoms. The summed E-state index contributed by atoms with van der Waals surface area (Å²) in [6, 6.07) is 18.5. The first kappa shape index (κ1) is 18.4. The molecule has 3 amide bonds. The number of carbonyl (C=O) groups is 3. The normalized spacial score (nSPS) is 16.1. The van der Waals surface area contributed by atoms with Gasteiger partial charge in [-0.15, -0.1) is 0 Å². The highest BCUT2D eigenvalue weighted by Gasteiger charge is 2.34. The van der Waals surface area contributed by atoms with Crippen LogP contribution in [0.5, 0.6) is 5.75 Å². The summed E-state index contributed by atoms with van der Waals surface area (Å²) >= 11 is 0. The highest BCUT2D eigenvalue weighted by atomic mass is 16.5. The van der Waals surface area contributed by atoms with E-state index in [1.165, 1.54) is 0 Å². The third-order valence-electron chi connectivity index (χ3n) is 4.24. The maximum absolute atomic E-state index is 12.2. The van der Waals surface area contributed by atoms with E-state index >= 15 is 0 Å². The zero-order valence-corrected chi connectivity index (χ0v) is 14.8. The van der Waals surface area contributed by atoms with Gasteiger partial charge in [-0.1, -0.05) is 48.5 Å². The van der Waals surface area contributed by atoms with Crippen molar-refractivity contribution in [3.63, 3.8) is 0 Å². The Kier molecular flexibility index (Phi) is 6.04. The molecule has 1 aliphatic rings. The molecule has 2 N–H and O–H groups in total. The molecule has 3 rings (SSSR count). The van der Waals surface area contributed by atoms with Crippen molar-refractivity contribution >= 4 is 17.7 Å². The van der Waals surface area contributed by atoms with Crippen LogP contribution in [-0.2, 0) is 20.9 Å². The first-order valence-corrected chi connectivity index (χ1v) is 8.70. The number of benzene rings is 2. The molecular weight excluding hydrogens is 346 g/mol. The molecule has 1 atom stereocenters. The maximum Gasteiger partial charge on any atom is 0.276 e. The van der Waals surface area contributed by atoms with Gasteiger partial charge in [0.05, 0.1) is 5.92 Å². The number of carbonyl (C=O) groups excluding carboxylic acids is 3. The fourth-order valence-electron chi connectivity index (χ4n) is 2.84. The molecule has 1 aliphatic heterocycles. The Morgan fingerprint density at radius 3 is 2.37 bits per heavy atom. The second kappa shape index (κ2) is 8.84. The standard InChI is InChI=1S/C20H21N3O4/c24-18(14-27-17-9-5-2-6-10-17)21-22-20(26)16-11-19(25)23(13-16)12-15-7-3-1-4-8-15/h1-10,16H,11-14H2,(H,21,24)(H,22,26). The van der Waals surface area contributed by atoms with E-state index in [4.69, 9.17) is 4.74 Å². The molecule has 0 saturated carbocycles. The van der Waals surface area contributed by atoms with Crippen molar-refractivity contribution in [1.29, 1.82) is 0 Å². The van der Waals surface area contributed by atoms with Crippen molar-refractivity contribution < 1.29 is 19.1 Å². The van der Waals surface area contributed by atoms with Crippen molar-refractivity contribution in [3.8, 4) is 5.75 Å². The number of para-hydroxylation sites is 1. The van der Waals surface area contributed by atoms with Gasteiger partial charge in [0.25, 0.3) is 5.91 Å². The number of amides is 3. The van der Waals surface area contributed by atoms with Crippen molar-refractivity contribution in [2.24, 2.45) is 5.92 Å². The lowest BCUT2D eigenvalue weighted by Gasteiger charge is -2.16. The number of rotatable bonds is 6. The molecule has 7 heteroatoms. The summed E-state index contributed by atoms with van der Waals surface area (Å²) in [4.78, 5) is 37.8. The largest absolute Gasteiger partial charge is 0.484 e. The molecule has 2 aromatic carbocycles. The lowest BCUT2D eigenvalue weighted by Crippen LogP contribution is -2.46. The van der Waals surface area contributed by atoms with Crippen LogP contribution in [0.1, 0.15) is 12.0 Å². The number of hydrazine groups is 1. The zero-order chi connectivity index (χ0) is 19.1. The fraction of sp³-hybridized carbons (Fsp3) is 0.250. The minimum absolute atomic E-state index is 0.0715. The van der Waals surface area contributed by atoms with Crippen LogP contribution in [0.15, 0.2) is 60.7 Å². The van der Waals surface area contributed by atoms with E-state index in [0.717, 1.165) is 5.56 Å². The van der Waals surface area contributed by atoms with Crippen molar-refractivity contribution in [2.45, 2.75) is 13.0 Å². The second-order valence-corrected chi connectivity index (χ2v) is 6.30. The molecule has 0 spiro atoms. The highest BCUT2D eigenvalue weighted by molar-refractivity contribution is 5.90. The van der Waals surface area contributed by atoms with Gasteiger partial charge >= 0.3 is 0 Å². The summed E-state index contributed by atoms with van der Waals surface area (Å²) in [5, 5.41) is 0. The fourth-order valence-corrected chi connectivity index (χ4v) is 2.84. The number of hydrogen-bond acceptors (Lipinski definition) is 4. The van der Waals surface area contributed by atoms with Gasteiger partial charge in [0.2, 0.25) is 11.8 Å². The van der Waals surface area contributed by atoms with E-state index in [0.29, 0.717) is 18.8 Å². The Morgan fingerprint density at radius 1 is 1.00 bits per heavy atom. The molecule has 1 saturated heterocycles. The SMILES string of the molecule is O=C(COc1ccccc1)NNC(=O)C1CC(=O)N(Cc2ccccc2)C1. The molecular formula is C20H21N3O4. The molecule has 2 aromatic rings. The number of hydrogen-bond donors (Lipinski definition) is 2. The predicted molar refractivity (Wildman–Crippen MR) is 98.2 cm³/mol. The molecule has 1 fully saturated rings. The average molecular weight is 367 g/mol. The topological polar surface area (TPSA) is 87.7 Å². The molecule has 0 aliphatic carbocycles. The monoisotopic (exact) mass is 367 g/mol. The van der Waals surface area contributed by atoms with Gasteiger partial charge in [-0.25, -0.2) is 0 Å². The molecule has 7 nitrogen and oxygen atoms in total. The average Bonchev–Trinajstić information content (AvgIpc) is 3.06. The summed E-state index contributed by atoms with van der Waals surface area (Å²) < 4.78 is 5.30. The third-order valence-corrected chi connectivity index (χ3v) is 4.24. The molecule has 0 aromatic heterocycles.